The van der Waals surface area contributed by atoms with Gasteiger partial charge in [0.25, 0.3) is 0 Å². The third kappa shape index (κ3) is 4.50. The van der Waals surface area contributed by atoms with E-state index in [1.165, 1.54) is 28.5 Å². The molecule has 0 spiro atoms. The van der Waals surface area contributed by atoms with Gasteiger partial charge in [-0.25, -0.2) is 4.79 Å². The first-order valence-electron chi connectivity index (χ1n) is 10.9. The van der Waals surface area contributed by atoms with Crippen LogP contribution in [0.4, 0.5) is 4.79 Å². The zero-order valence-electron chi connectivity index (χ0n) is 18.3. The van der Waals surface area contributed by atoms with Gasteiger partial charge in [-0.1, -0.05) is 13.8 Å². The standard InChI is InChI=1S/C22H34IN3O4/c1-16-17(23)8-25-26(16)15-21-10-19(2)9-20(3,11-21)13-22(12-19,14-21)30-7-6-29-5-4-24-18(27)28/h8,24H,4-7,9-15H2,1-3H3,(H,27,28). The molecule has 4 aliphatic carbocycles. The summed E-state index contributed by atoms with van der Waals surface area (Å²) in [7, 11) is 0. The predicted molar refractivity (Wildman–Crippen MR) is 122 cm³/mol. The number of nitrogens with zero attached hydrogens (tertiary/aromatic N) is 2. The van der Waals surface area contributed by atoms with Gasteiger partial charge in [0.05, 0.1) is 35.2 Å². The highest BCUT2D eigenvalue weighted by Gasteiger charge is 2.66. The van der Waals surface area contributed by atoms with Gasteiger partial charge in [0.15, 0.2) is 0 Å². The number of nitrogens with one attached hydrogen (secondary N) is 1. The average molecular weight is 531 g/mol. The molecule has 1 aromatic heterocycles. The van der Waals surface area contributed by atoms with Crippen LogP contribution >= 0.6 is 22.6 Å². The van der Waals surface area contributed by atoms with Crippen LogP contribution in [0.15, 0.2) is 6.20 Å². The second-order valence-corrected chi connectivity index (χ2v) is 12.0. The number of rotatable bonds is 9. The Morgan fingerprint density at radius 2 is 1.87 bits per heavy atom. The number of hydrogen-bond acceptors (Lipinski definition) is 4. The third-order valence-corrected chi connectivity index (χ3v) is 8.40. The van der Waals surface area contributed by atoms with Crippen molar-refractivity contribution in [3.63, 3.8) is 0 Å². The van der Waals surface area contributed by atoms with Gasteiger partial charge in [-0.2, -0.15) is 5.10 Å². The SMILES string of the molecule is Cc1c(I)cnn1CC12CC3(C)CC(C)(C1)CC(OCCOCCNC(=O)O)(C3)C2. The number of ether oxygens (including phenoxy) is 2. The van der Waals surface area contributed by atoms with Crippen LogP contribution in [0, 0.1) is 26.7 Å². The van der Waals surface area contributed by atoms with E-state index < -0.39 is 6.09 Å². The lowest BCUT2D eigenvalue weighted by atomic mass is 9.39. The lowest BCUT2D eigenvalue weighted by molar-refractivity contribution is -0.250. The molecule has 1 heterocycles. The maximum absolute atomic E-state index is 10.5. The Kier molecular flexibility index (Phi) is 5.89. The molecular formula is C22H34IN3O4. The van der Waals surface area contributed by atoms with Crippen molar-refractivity contribution in [1.29, 1.82) is 0 Å². The number of carboxylic acid groups (broad SMARTS) is 1. The van der Waals surface area contributed by atoms with Gasteiger partial charge in [0.1, 0.15) is 0 Å². The summed E-state index contributed by atoms with van der Waals surface area (Å²) in [6.07, 6.45) is 8.13. The zero-order valence-corrected chi connectivity index (χ0v) is 20.5. The summed E-state index contributed by atoms with van der Waals surface area (Å²) in [4.78, 5) is 10.5. The van der Waals surface area contributed by atoms with Gasteiger partial charge in [-0.15, -0.1) is 0 Å². The second-order valence-electron chi connectivity index (χ2n) is 10.8. The van der Waals surface area contributed by atoms with Crippen LogP contribution < -0.4 is 5.32 Å². The van der Waals surface area contributed by atoms with Gasteiger partial charge in [-0.3, -0.25) is 4.68 Å². The van der Waals surface area contributed by atoms with Crippen molar-refractivity contribution in [3.05, 3.63) is 15.5 Å². The molecule has 4 aliphatic rings. The minimum Gasteiger partial charge on any atom is -0.465 e. The topological polar surface area (TPSA) is 85.6 Å². The molecule has 0 radical (unpaired) electrons. The maximum atomic E-state index is 10.5. The predicted octanol–water partition coefficient (Wildman–Crippen LogP) is 4.22. The van der Waals surface area contributed by atoms with Crippen LogP contribution in [0.25, 0.3) is 0 Å². The molecule has 168 valence electrons. The third-order valence-electron chi connectivity index (χ3n) is 7.34. The summed E-state index contributed by atoms with van der Waals surface area (Å²) < 4.78 is 15.6. The monoisotopic (exact) mass is 531 g/mol. The van der Waals surface area contributed by atoms with Crippen LogP contribution in [-0.2, 0) is 16.0 Å². The summed E-state index contributed by atoms with van der Waals surface area (Å²) >= 11 is 2.37. The van der Waals surface area contributed by atoms with E-state index >= 15 is 0 Å². The number of halogens is 1. The Hall–Kier alpha value is -0.870. The van der Waals surface area contributed by atoms with Crippen LogP contribution in [0.3, 0.4) is 0 Å². The lowest BCUT2D eigenvalue weighted by Crippen LogP contribution is -2.64. The molecule has 0 aromatic carbocycles. The molecule has 2 atom stereocenters. The molecule has 1 amide bonds. The van der Waals surface area contributed by atoms with Gasteiger partial charge >= 0.3 is 6.09 Å². The van der Waals surface area contributed by atoms with Gasteiger partial charge < -0.3 is 19.9 Å². The highest BCUT2D eigenvalue weighted by Crippen LogP contribution is 2.72. The Labute approximate surface area is 192 Å². The van der Waals surface area contributed by atoms with Crippen molar-refractivity contribution in [1.82, 2.24) is 15.1 Å². The molecule has 7 nitrogen and oxygen atoms in total. The fourth-order valence-corrected chi connectivity index (χ4v) is 8.10. The number of amides is 1. The first-order valence-corrected chi connectivity index (χ1v) is 12.0. The quantitative estimate of drug-likeness (QED) is 0.368. The van der Waals surface area contributed by atoms with Crippen molar-refractivity contribution in [2.45, 2.75) is 71.4 Å². The molecule has 1 aromatic rings. The molecule has 2 N–H and O–H groups in total. The average Bonchev–Trinajstić information content (AvgIpc) is 2.89. The van der Waals surface area contributed by atoms with Crippen LogP contribution in [-0.4, -0.2) is 52.9 Å². The van der Waals surface area contributed by atoms with Gasteiger partial charge in [0.2, 0.25) is 0 Å². The van der Waals surface area contributed by atoms with E-state index in [1.54, 1.807) is 0 Å². The summed E-state index contributed by atoms with van der Waals surface area (Å²) in [5.74, 6) is 0. The number of aromatic nitrogens is 2. The molecule has 0 saturated heterocycles. The number of carbonyl (C=O) groups is 1. The molecule has 4 fully saturated rings. The fourth-order valence-electron chi connectivity index (χ4n) is 7.70. The summed E-state index contributed by atoms with van der Waals surface area (Å²) in [5, 5.41) is 15.6. The van der Waals surface area contributed by atoms with Crippen molar-refractivity contribution < 1.29 is 19.4 Å². The minimum atomic E-state index is -1.02. The number of hydrogen-bond donors (Lipinski definition) is 2. The Morgan fingerprint density at radius 1 is 1.17 bits per heavy atom. The van der Waals surface area contributed by atoms with Crippen molar-refractivity contribution in [3.8, 4) is 0 Å². The molecule has 0 aliphatic heterocycles. The molecule has 4 saturated carbocycles. The fraction of sp³-hybridized carbons (Fsp3) is 0.818. The summed E-state index contributed by atoms with van der Waals surface area (Å²) in [6.45, 7) is 9.82. The first kappa shape index (κ1) is 22.3. The smallest absolute Gasteiger partial charge is 0.404 e. The zero-order chi connectivity index (χ0) is 21.6. The van der Waals surface area contributed by atoms with E-state index in [9.17, 15) is 4.79 Å². The molecule has 30 heavy (non-hydrogen) atoms. The van der Waals surface area contributed by atoms with E-state index in [0.717, 1.165) is 25.8 Å². The van der Waals surface area contributed by atoms with Crippen LogP contribution in [0.1, 0.15) is 58.1 Å². The maximum Gasteiger partial charge on any atom is 0.404 e. The van der Waals surface area contributed by atoms with Gasteiger partial charge in [-0.05, 0) is 84.3 Å². The van der Waals surface area contributed by atoms with E-state index in [4.69, 9.17) is 14.6 Å². The molecular weight excluding hydrogens is 497 g/mol. The molecule has 4 bridgehead atoms. The highest BCUT2D eigenvalue weighted by atomic mass is 127. The Balaban J connectivity index is 1.43. The largest absolute Gasteiger partial charge is 0.465 e. The Bertz CT molecular complexity index is 792. The molecule has 8 heteroatoms. The van der Waals surface area contributed by atoms with Crippen molar-refractivity contribution in [2.75, 3.05) is 26.4 Å². The van der Waals surface area contributed by atoms with Crippen molar-refractivity contribution in [2.24, 2.45) is 16.2 Å². The van der Waals surface area contributed by atoms with E-state index in [0.29, 0.717) is 37.2 Å². The normalized spacial score (nSPS) is 36.9. The van der Waals surface area contributed by atoms with Crippen LogP contribution in [0.5, 0.6) is 0 Å². The summed E-state index contributed by atoms with van der Waals surface area (Å²) in [5.41, 5.74) is 2.08. The van der Waals surface area contributed by atoms with Gasteiger partial charge in [0, 0.05) is 18.8 Å². The van der Waals surface area contributed by atoms with E-state index in [1.807, 2.05) is 6.20 Å². The highest BCUT2D eigenvalue weighted by molar-refractivity contribution is 14.1. The Morgan fingerprint density at radius 3 is 2.47 bits per heavy atom. The second kappa shape index (κ2) is 7.92. The van der Waals surface area contributed by atoms with E-state index in [-0.39, 0.29) is 11.0 Å². The van der Waals surface area contributed by atoms with E-state index in [2.05, 4.69) is 58.5 Å². The lowest BCUT2D eigenvalue weighted by Gasteiger charge is -2.69. The molecule has 5 rings (SSSR count). The molecule has 2 unspecified atom stereocenters. The summed E-state index contributed by atoms with van der Waals surface area (Å²) in [6, 6.07) is 0. The minimum absolute atomic E-state index is 0.0743. The van der Waals surface area contributed by atoms with Crippen LogP contribution in [0.2, 0.25) is 0 Å². The van der Waals surface area contributed by atoms with Crippen molar-refractivity contribution >= 4 is 28.7 Å². The first-order chi connectivity index (χ1) is 14.1.